The molecular formula is C19H24BrN. The first-order valence-corrected chi connectivity index (χ1v) is 8.24. The highest BCUT2D eigenvalue weighted by atomic mass is 79.9. The molecule has 1 nitrogen and oxygen atoms in total. The van der Waals surface area contributed by atoms with Gasteiger partial charge in [-0.25, -0.2) is 0 Å². The zero-order valence-electron chi connectivity index (χ0n) is 13.1. The van der Waals surface area contributed by atoms with E-state index < -0.39 is 0 Å². The van der Waals surface area contributed by atoms with Gasteiger partial charge in [-0.15, -0.1) is 0 Å². The summed E-state index contributed by atoms with van der Waals surface area (Å²) in [6, 6.07) is 17.4. The minimum atomic E-state index is 0.206. The van der Waals surface area contributed by atoms with Crippen molar-refractivity contribution >= 4 is 15.9 Å². The van der Waals surface area contributed by atoms with Crippen LogP contribution < -0.4 is 5.73 Å². The van der Waals surface area contributed by atoms with Crippen molar-refractivity contribution in [3.63, 3.8) is 0 Å². The molecule has 0 aromatic heterocycles. The van der Waals surface area contributed by atoms with Gasteiger partial charge < -0.3 is 5.73 Å². The molecule has 0 bridgehead atoms. The molecule has 0 heterocycles. The number of halogens is 1. The summed E-state index contributed by atoms with van der Waals surface area (Å²) in [6.45, 7) is 7.40. The normalized spacial score (nSPS) is 13.2. The Bertz CT molecular complexity index is 564. The molecule has 2 aromatic rings. The van der Waals surface area contributed by atoms with Crippen molar-refractivity contribution in [1.82, 2.24) is 0 Å². The molecule has 0 aliphatic carbocycles. The summed E-state index contributed by atoms with van der Waals surface area (Å²) in [5, 5.41) is 0. The average molecular weight is 346 g/mol. The summed E-state index contributed by atoms with van der Waals surface area (Å²) in [4.78, 5) is 0. The van der Waals surface area contributed by atoms with E-state index in [0.29, 0.717) is 12.5 Å². The Morgan fingerprint density at radius 1 is 0.952 bits per heavy atom. The molecule has 2 N–H and O–H groups in total. The molecule has 0 saturated heterocycles. The summed E-state index contributed by atoms with van der Waals surface area (Å²) in [6.07, 6.45) is 0.989. The van der Waals surface area contributed by atoms with Crippen molar-refractivity contribution < 1.29 is 0 Å². The maximum absolute atomic E-state index is 5.98. The number of benzene rings is 2. The van der Waals surface area contributed by atoms with Crippen LogP contribution in [0, 0.1) is 0 Å². The van der Waals surface area contributed by atoms with E-state index in [9.17, 15) is 0 Å². The standard InChI is InChI=1S/C19H24BrN/c1-19(2,3)17-8-4-14(5-9-17)12-16(13-21)15-6-10-18(20)11-7-15/h4-11,16H,12-13,21H2,1-3H3. The Morgan fingerprint density at radius 2 is 1.52 bits per heavy atom. The Labute approximate surface area is 136 Å². The maximum Gasteiger partial charge on any atom is 0.0175 e. The Balaban J connectivity index is 2.13. The van der Waals surface area contributed by atoms with Gasteiger partial charge in [0.1, 0.15) is 0 Å². The van der Waals surface area contributed by atoms with Crippen LogP contribution in [0.1, 0.15) is 43.4 Å². The van der Waals surface area contributed by atoms with Crippen molar-refractivity contribution in [1.29, 1.82) is 0 Å². The first-order chi connectivity index (χ1) is 9.90. The summed E-state index contributed by atoms with van der Waals surface area (Å²) in [5.74, 6) is 0.374. The van der Waals surface area contributed by atoms with Crippen molar-refractivity contribution in [3.05, 3.63) is 69.7 Å². The highest BCUT2D eigenvalue weighted by molar-refractivity contribution is 9.10. The molecule has 0 saturated carbocycles. The van der Waals surface area contributed by atoms with E-state index in [1.54, 1.807) is 0 Å². The SMILES string of the molecule is CC(C)(C)c1ccc(CC(CN)c2ccc(Br)cc2)cc1. The molecule has 0 fully saturated rings. The van der Waals surface area contributed by atoms with Gasteiger partial charge >= 0.3 is 0 Å². The van der Waals surface area contributed by atoms with Crippen LogP contribution in [0.15, 0.2) is 53.0 Å². The van der Waals surface area contributed by atoms with Gasteiger partial charge in [0.15, 0.2) is 0 Å². The number of rotatable bonds is 4. The number of nitrogens with two attached hydrogens (primary N) is 1. The van der Waals surface area contributed by atoms with E-state index >= 15 is 0 Å². The Hall–Kier alpha value is -1.12. The predicted octanol–water partition coefficient (Wildman–Crippen LogP) is 5.03. The van der Waals surface area contributed by atoms with Gasteiger partial charge in [-0.2, -0.15) is 0 Å². The molecule has 0 radical (unpaired) electrons. The molecule has 2 aromatic carbocycles. The van der Waals surface area contributed by atoms with Crippen LogP contribution in [-0.2, 0) is 11.8 Å². The molecule has 21 heavy (non-hydrogen) atoms. The second-order valence-electron chi connectivity index (χ2n) is 6.64. The zero-order chi connectivity index (χ0) is 15.5. The topological polar surface area (TPSA) is 26.0 Å². The summed E-state index contributed by atoms with van der Waals surface area (Å²) >= 11 is 3.48. The van der Waals surface area contributed by atoms with Crippen molar-refractivity contribution in [3.8, 4) is 0 Å². The minimum absolute atomic E-state index is 0.206. The lowest BCUT2D eigenvalue weighted by molar-refractivity contribution is 0.589. The van der Waals surface area contributed by atoms with Gasteiger partial charge in [0.25, 0.3) is 0 Å². The average Bonchev–Trinajstić information content (AvgIpc) is 2.45. The summed E-state index contributed by atoms with van der Waals surface area (Å²) in [7, 11) is 0. The first kappa shape index (κ1) is 16.3. The molecule has 0 aliphatic heterocycles. The minimum Gasteiger partial charge on any atom is -0.330 e. The number of hydrogen-bond donors (Lipinski definition) is 1. The van der Waals surface area contributed by atoms with Crippen LogP contribution in [0.3, 0.4) is 0 Å². The fraction of sp³-hybridized carbons (Fsp3) is 0.368. The molecule has 1 unspecified atom stereocenters. The molecule has 0 aliphatic rings. The van der Waals surface area contributed by atoms with Gasteiger partial charge in [-0.1, -0.05) is 73.1 Å². The number of hydrogen-bond acceptors (Lipinski definition) is 1. The van der Waals surface area contributed by atoms with Gasteiger partial charge in [-0.05, 0) is 47.2 Å². The van der Waals surface area contributed by atoms with E-state index in [2.05, 4.69) is 85.2 Å². The van der Waals surface area contributed by atoms with Crippen LogP contribution in [0.25, 0.3) is 0 Å². The molecular weight excluding hydrogens is 322 g/mol. The van der Waals surface area contributed by atoms with E-state index in [1.807, 2.05) is 0 Å². The van der Waals surface area contributed by atoms with Gasteiger partial charge in [0.2, 0.25) is 0 Å². The van der Waals surface area contributed by atoms with E-state index in [-0.39, 0.29) is 5.41 Å². The third kappa shape index (κ3) is 4.42. The molecule has 2 rings (SSSR count). The lowest BCUT2D eigenvalue weighted by Crippen LogP contribution is -2.15. The highest BCUT2D eigenvalue weighted by Crippen LogP contribution is 2.25. The monoisotopic (exact) mass is 345 g/mol. The van der Waals surface area contributed by atoms with Gasteiger partial charge in [0.05, 0.1) is 0 Å². The lowest BCUT2D eigenvalue weighted by atomic mass is 9.85. The lowest BCUT2D eigenvalue weighted by Gasteiger charge is -2.20. The quantitative estimate of drug-likeness (QED) is 0.825. The van der Waals surface area contributed by atoms with Crippen LogP contribution >= 0.6 is 15.9 Å². The van der Waals surface area contributed by atoms with Gasteiger partial charge in [0, 0.05) is 10.4 Å². The third-order valence-electron chi connectivity index (χ3n) is 3.93. The second kappa shape index (κ2) is 6.76. The zero-order valence-corrected chi connectivity index (χ0v) is 14.7. The van der Waals surface area contributed by atoms with Crippen LogP contribution in [0.5, 0.6) is 0 Å². The van der Waals surface area contributed by atoms with E-state index in [4.69, 9.17) is 5.73 Å². The maximum atomic E-state index is 5.98. The van der Waals surface area contributed by atoms with Crippen molar-refractivity contribution in [2.75, 3.05) is 6.54 Å². The fourth-order valence-electron chi connectivity index (χ4n) is 2.50. The largest absolute Gasteiger partial charge is 0.330 e. The Kier molecular flexibility index (Phi) is 5.23. The summed E-state index contributed by atoms with van der Waals surface area (Å²) < 4.78 is 1.11. The molecule has 112 valence electrons. The smallest absolute Gasteiger partial charge is 0.0175 e. The molecule has 1 atom stereocenters. The molecule has 2 heteroatoms. The van der Waals surface area contributed by atoms with E-state index in [0.717, 1.165) is 10.9 Å². The second-order valence-corrected chi connectivity index (χ2v) is 7.55. The highest BCUT2D eigenvalue weighted by Gasteiger charge is 2.14. The van der Waals surface area contributed by atoms with Crippen LogP contribution in [-0.4, -0.2) is 6.54 Å². The third-order valence-corrected chi connectivity index (χ3v) is 4.46. The predicted molar refractivity (Wildman–Crippen MR) is 94.8 cm³/mol. The van der Waals surface area contributed by atoms with Crippen LogP contribution in [0.4, 0.5) is 0 Å². The van der Waals surface area contributed by atoms with Gasteiger partial charge in [-0.3, -0.25) is 0 Å². The van der Waals surface area contributed by atoms with E-state index in [1.165, 1.54) is 16.7 Å². The summed E-state index contributed by atoms with van der Waals surface area (Å²) in [5.41, 5.74) is 10.2. The van der Waals surface area contributed by atoms with Crippen LogP contribution in [0.2, 0.25) is 0 Å². The fourth-order valence-corrected chi connectivity index (χ4v) is 2.76. The van der Waals surface area contributed by atoms with Crippen molar-refractivity contribution in [2.45, 2.75) is 38.5 Å². The first-order valence-electron chi connectivity index (χ1n) is 7.45. The molecule has 0 spiro atoms. The molecule has 0 amide bonds. The van der Waals surface area contributed by atoms with Crippen molar-refractivity contribution in [2.24, 2.45) is 5.73 Å². The Morgan fingerprint density at radius 3 is 2.00 bits per heavy atom.